The quantitative estimate of drug-likeness (QED) is 0.445. The van der Waals surface area contributed by atoms with Gasteiger partial charge in [-0.1, -0.05) is 26.0 Å². The largest absolute Gasteiger partial charge is 0.361 e. The number of carbonyl (C=O) groups is 1. The van der Waals surface area contributed by atoms with Crippen LogP contribution in [-0.2, 0) is 0 Å². The average Bonchev–Trinajstić information content (AvgIpc) is 3.37. The summed E-state index contributed by atoms with van der Waals surface area (Å²) >= 11 is 1.47. The molecule has 0 spiro atoms. The highest BCUT2D eigenvalue weighted by Crippen LogP contribution is 2.24. The van der Waals surface area contributed by atoms with E-state index in [1.807, 2.05) is 36.5 Å². The maximum atomic E-state index is 12.5. The minimum Gasteiger partial charge on any atom is -0.361 e. The summed E-state index contributed by atoms with van der Waals surface area (Å²) in [4.78, 5) is 16.7. The average molecular weight is 391 g/mol. The van der Waals surface area contributed by atoms with E-state index < -0.39 is 0 Å². The summed E-state index contributed by atoms with van der Waals surface area (Å²) in [7, 11) is 0. The third-order valence-corrected chi connectivity index (χ3v) is 5.73. The number of fused-ring (bicyclic) bond motifs is 1. The molecule has 4 rings (SSSR count). The molecule has 142 valence electrons. The first-order valence-electron chi connectivity index (χ1n) is 9.35. The number of hydrogen-bond acceptors (Lipinski definition) is 3. The molecule has 1 amide bonds. The summed E-state index contributed by atoms with van der Waals surface area (Å²) in [6, 6.07) is 17.9. The zero-order chi connectivity index (χ0) is 19.5. The van der Waals surface area contributed by atoms with Crippen LogP contribution in [0.3, 0.4) is 0 Å². The Morgan fingerprint density at radius 3 is 2.79 bits per heavy atom. The van der Waals surface area contributed by atoms with Gasteiger partial charge in [-0.15, -0.1) is 0 Å². The Balaban J connectivity index is 1.42. The lowest BCUT2D eigenvalue weighted by molar-refractivity contribution is 0.102. The van der Waals surface area contributed by atoms with Gasteiger partial charge < -0.3 is 10.3 Å². The molecule has 2 aromatic heterocycles. The van der Waals surface area contributed by atoms with Crippen molar-refractivity contribution in [3.63, 3.8) is 0 Å². The second-order valence-corrected chi connectivity index (χ2v) is 7.84. The first-order valence-corrected chi connectivity index (χ1v) is 10.1. The van der Waals surface area contributed by atoms with E-state index in [1.54, 1.807) is 16.4 Å². The molecule has 0 bridgehead atoms. The van der Waals surface area contributed by atoms with Crippen molar-refractivity contribution in [1.82, 2.24) is 14.2 Å². The molecule has 0 saturated carbocycles. The number of benzene rings is 2. The van der Waals surface area contributed by atoms with Crippen LogP contribution < -0.4 is 5.32 Å². The number of hydrogen-bond donors (Lipinski definition) is 2. The molecule has 1 unspecified atom stereocenters. The van der Waals surface area contributed by atoms with Crippen LogP contribution in [0.5, 0.6) is 0 Å². The van der Waals surface area contributed by atoms with E-state index in [0.717, 1.165) is 27.9 Å². The first kappa shape index (κ1) is 18.4. The van der Waals surface area contributed by atoms with Gasteiger partial charge in [0.2, 0.25) is 0 Å². The van der Waals surface area contributed by atoms with Crippen molar-refractivity contribution in [3.8, 4) is 0 Å². The molecule has 0 aliphatic heterocycles. The van der Waals surface area contributed by atoms with E-state index in [2.05, 4.69) is 47.4 Å². The minimum absolute atomic E-state index is 0.211. The van der Waals surface area contributed by atoms with E-state index in [0.29, 0.717) is 11.6 Å². The number of nitrogens with zero attached hydrogens (tertiary/aromatic N) is 2. The fourth-order valence-electron chi connectivity index (χ4n) is 3.00. The van der Waals surface area contributed by atoms with E-state index >= 15 is 0 Å². The summed E-state index contributed by atoms with van der Waals surface area (Å²) in [6.07, 6.45) is 4.82. The number of H-pyrrole nitrogens is 1. The van der Waals surface area contributed by atoms with E-state index in [-0.39, 0.29) is 5.91 Å². The third kappa shape index (κ3) is 3.97. The predicted octanol–water partition coefficient (Wildman–Crippen LogP) is 5.69. The van der Waals surface area contributed by atoms with Crippen LogP contribution in [0.4, 0.5) is 5.69 Å². The molecule has 4 aromatic rings. The molecular formula is C22H22N4OS. The number of rotatable bonds is 6. The smallest absolute Gasteiger partial charge is 0.276 e. The van der Waals surface area contributed by atoms with Crippen LogP contribution in [0.25, 0.3) is 10.9 Å². The van der Waals surface area contributed by atoms with Crippen molar-refractivity contribution in [1.29, 1.82) is 0 Å². The van der Waals surface area contributed by atoms with Crippen molar-refractivity contribution >= 4 is 34.4 Å². The van der Waals surface area contributed by atoms with Gasteiger partial charge >= 0.3 is 0 Å². The molecule has 2 heterocycles. The monoisotopic (exact) mass is 390 g/mol. The Morgan fingerprint density at radius 2 is 2.00 bits per heavy atom. The summed E-state index contributed by atoms with van der Waals surface area (Å²) in [5, 5.41) is 8.45. The van der Waals surface area contributed by atoms with Gasteiger partial charge in [0.1, 0.15) is 0 Å². The topological polar surface area (TPSA) is 62.7 Å². The molecule has 2 N–H and O–H groups in total. The number of carbonyl (C=O) groups excluding carboxylic acids is 1. The van der Waals surface area contributed by atoms with Gasteiger partial charge in [-0.25, -0.2) is 4.09 Å². The van der Waals surface area contributed by atoms with Gasteiger partial charge in [0, 0.05) is 45.8 Å². The Bertz CT molecular complexity index is 1100. The highest BCUT2D eigenvalue weighted by Gasteiger charge is 2.11. The van der Waals surface area contributed by atoms with Crippen molar-refractivity contribution in [2.45, 2.75) is 31.1 Å². The molecule has 28 heavy (non-hydrogen) atoms. The molecule has 1 atom stereocenters. The lowest BCUT2D eigenvalue weighted by atomic mass is 9.99. The Kier molecular flexibility index (Phi) is 5.21. The molecular weight excluding hydrogens is 368 g/mol. The minimum atomic E-state index is -0.211. The second-order valence-electron chi connectivity index (χ2n) is 6.81. The lowest BCUT2D eigenvalue weighted by Crippen LogP contribution is -2.12. The number of aromatic nitrogens is 3. The maximum absolute atomic E-state index is 12.5. The normalized spacial score (nSPS) is 12.2. The molecule has 5 nitrogen and oxygen atoms in total. The number of aromatic amines is 1. The zero-order valence-electron chi connectivity index (χ0n) is 15.8. The van der Waals surface area contributed by atoms with Crippen LogP contribution in [0.15, 0.2) is 71.9 Å². The molecule has 0 aliphatic carbocycles. The molecule has 0 fully saturated rings. The first-order chi connectivity index (χ1) is 13.6. The van der Waals surface area contributed by atoms with Crippen LogP contribution >= 0.6 is 11.9 Å². The standard InChI is InChI=1S/C22H22N4OS/c1-3-15(2)16-4-6-18(7-5-16)24-22(27)21-11-13-26(25-21)28-19-8-9-20-17(14-19)10-12-23-20/h4-15,23H,3H2,1-2H3,(H,24,27). The van der Waals surface area contributed by atoms with Crippen LogP contribution in [0.1, 0.15) is 42.2 Å². The zero-order valence-corrected chi connectivity index (χ0v) is 16.7. The molecule has 6 heteroatoms. The van der Waals surface area contributed by atoms with Crippen molar-refractivity contribution in [2.24, 2.45) is 0 Å². The number of anilines is 1. The summed E-state index contributed by atoms with van der Waals surface area (Å²) in [5.41, 5.74) is 3.54. The van der Waals surface area contributed by atoms with Crippen molar-refractivity contribution in [2.75, 3.05) is 5.32 Å². The Hall–Kier alpha value is -2.99. The highest BCUT2D eigenvalue weighted by atomic mass is 32.2. The molecule has 0 saturated heterocycles. The van der Waals surface area contributed by atoms with Crippen LogP contribution in [-0.4, -0.2) is 20.1 Å². The second kappa shape index (κ2) is 7.94. The Morgan fingerprint density at radius 1 is 1.18 bits per heavy atom. The summed E-state index contributed by atoms with van der Waals surface area (Å²) in [6.45, 7) is 4.37. The lowest BCUT2D eigenvalue weighted by Gasteiger charge is -2.10. The van der Waals surface area contributed by atoms with Gasteiger partial charge in [0.15, 0.2) is 5.69 Å². The summed E-state index contributed by atoms with van der Waals surface area (Å²) in [5.74, 6) is 0.305. The van der Waals surface area contributed by atoms with Crippen LogP contribution in [0, 0.1) is 0 Å². The van der Waals surface area contributed by atoms with Gasteiger partial charge in [0.05, 0.1) is 0 Å². The fourth-order valence-corrected chi connectivity index (χ4v) is 3.78. The van der Waals surface area contributed by atoms with Gasteiger partial charge in [-0.3, -0.25) is 4.79 Å². The number of nitrogens with one attached hydrogen (secondary N) is 2. The maximum Gasteiger partial charge on any atom is 0.276 e. The molecule has 0 radical (unpaired) electrons. The fraction of sp³-hybridized carbons (Fsp3) is 0.182. The highest BCUT2D eigenvalue weighted by molar-refractivity contribution is 7.97. The molecule has 0 aliphatic rings. The van der Waals surface area contributed by atoms with Crippen molar-refractivity contribution < 1.29 is 4.79 Å². The van der Waals surface area contributed by atoms with Gasteiger partial charge in [-0.05, 0) is 60.4 Å². The van der Waals surface area contributed by atoms with Gasteiger partial charge in [-0.2, -0.15) is 5.10 Å². The Labute approximate surface area is 168 Å². The third-order valence-electron chi connectivity index (χ3n) is 4.87. The summed E-state index contributed by atoms with van der Waals surface area (Å²) < 4.78 is 1.70. The predicted molar refractivity (Wildman–Crippen MR) is 115 cm³/mol. The SMILES string of the molecule is CCC(C)c1ccc(NC(=O)c2ccn(Sc3ccc4[nH]ccc4c3)n2)cc1. The molecule has 2 aromatic carbocycles. The van der Waals surface area contributed by atoms with E-state index in [9.17, 15) is 4.79 Å². The van der Waals surface area contributed by atoms with E-state index in [1.165, 1.54) is 17.5 Å². The number of amides is 1. The van der Waals surface area contributed by atoms with Crippen molar-refractivity contribution in [3.05, 3.63) is 78.2 Å². The van der Waals surface area contributed by atoms with Crippen LogP contribution in [0.2, 0.25) is 0 Å². The van der Waals surface area contributed by atoms with E-state index in [4.69, 9.17) is 0 Å². The van der Waals surface area contributed by atoms with Gasteiger partial charge in [0.25, 0.3) is 5.91 Å².